The Balaban J connectivity index is 2.42. The van der Waals surface area contributed by atoms with Gasteiger partial charge >= 0.3 is 0 Å². The largest absolute Gasteiger partial charge is 0.351 e. The van der Waals surface area contributed by atoms with E-state index in [0.717, 1.165) is 10.2 Å². The van der Waals surface area contributed by atoms with Crippen LogP contribution in [0.5, 0.6) is 0 Å². The molecule has 0 fully saturated rings. The zero-order chi connectivity index (χ0) is 10.4. The molecular weight excluding hydrogens is 206 g/mol. The Hall–Kier alpha value is -1.61. The number of hydrogen-bond acceptors (Lipinski definition) is 2. The molecule has 1 N–H and O–H groups in total. The quantitative estimate of drug-likeness (QED) is 0.618. The van der Waals surface area contributed by atoms with Gasteiger partial charge in [0.25, 0.3) is 0 Å². The summed E-state index contributed by atoms with van der Waals surface area (Å²) in [4.78, 5) is 14.4. The number of carbonyl (C=O) groups is 1. The van der Waals surface area contributed by atoms with E-state index in [1.165, 1.54) is 10.1 Å². The van der Waals surface area contributed by atoms with E-state index in [-0.39, 0.29) is 5.78 Å². The van der Waals surface area contributed by atoms with Gasteiger partial charge in [0.2, 0.25) is 0 Å². The fourth-order valence-electron chi connectivity index (χ4n) is 1.79. The molecule has 15 heavy (non-hydrogen) atoms. The van der Waals surface area contributed by atoms with E-state index in [1.807, 2.05) is 18.2 Å². The molecule has 2 nitrogen and oxygen atoms in total. The molecule has 0 radical (unpaired) electrons. The topological polar surface area (TPSA) is 32.9 Å². The number of Topliss-reactive ketones (excluding diaryl/α,β-unsaturated/α-hetero) is 1. The van der Waals surface area contributed by atoms with E-state index in [9.17, 15) is 4.79 Å². The van der Waals surface area contributed by atoms with Crippen molar-refractivity contribution in [3.8, 4) is 0 Å². The van der Waals surface area contributed by atoms with Crippen molar-refractivity contribution in [1.29, 1.82) is 0 Å². The van der Waals surface area contributed by atoms with Crippen LogP contribution in [0.15, 0.2) is 30.3 Å². The molecule has 0 saturated heterocycles. The average Bonchev–Trinajstić information content (AvgIpc) is 2.73. The summed E-state index contributed by atoms with van der Waals surface area (Å²) in [6.07, 6.45) is 0. The molecule has 0 aliphatic carbocycles. The first-order chi connectivity index (χ1) is 7.25. The third-order valence-corrected chi connectivity index (χ3v) is 3.65. The lowest BCUT2D eigenvalue weighted by atomic mass is 10.2. The van der Waals surface area contributed by atoms with Gasteiger partial charge in [0.1, 0.15) is 0 Å². The van der Waals surface area contributed by atoms with Gasteiger partial charge in [-0.15, -0.1) is 11.3 Å². The molecule has 0 saturated carbocycles. The van der Waals surface area contributed by atoms with E-state index in [4.69, 9.17) is 0 Å². The number of nitrogens with one attached hydrogen (secondary N) is 1. The SMILES string of the molecule is CC(=O)c1cc2sc3ccccc3c2[nH]1. The minimum Gasteiger partial charge on any atom is -0.351 e. The predicted octanol–water partition coefficient (Wildman–Crippen LogP) is 3.59. The van der Waals surface area contributed by atoms with Crippen molar-refractivity contribution in [2.75, 3.05) is 0 Å². The van der Waals surface area contributed by atoms with E-state index >= 15 is 0 Å². The van der Waals surface area contributed by atoms with Crippen LogP contribution in [0.3, 0.4) is 0 Å². The van der Waals surface area contributed by atoms with Crippen LogP contribution >= 0.6 is 11.3 Å². The number of aromatic nitrogens is 1. The maximum Gasteiger partial charge on any atom is 0.175 e. The Bertz CT molecular complexity index is 662. The maximum atomic E-state index is 11.2. The lowest BCUT2D eigenvalue weighted by Crippen LogP contribution is -1.90. The molecule has 1 aromatic carbocycles. The molecule has 3 heteroatoms. The zero-order valence-electron chi connectivity index (χ0n) is 8.20. The fraction of sp³-hybridized carbons (Fsp3) is 0.0833. The Morgan fingerprint density at radius 1 is 1.27 bits per heavy atom. The normalized spacial score (nSPS) is 11.3. The summed E-state index contributed by atoms with van der Waals surface area (Å²) in [5.41, 5.74) is 1.78. The van der Waals surface area contributed by atoms with Gasteiger partial charge in [-0.05, 0) is 12.1 Å². The number of carbonyl (C=O) groups excluding carboxylic acids is 1. The summed E-state index contributed by atoms with van der Waals surface area (Å²) in [5.74, 6) is 0.0856. The highest BCUT2D eigenvalue weighted by atomic mass is 32.1. The first kappa shape index (κ1) is 8.68. The van der Waals surface area contributed by atoms with Crippen molar-refractivity contribution < 1.29 is 4.79 Å². The van der Waals surface area contributed by atoms with Crippen LogP contribution < -0.4 is 0 Å². The van der Waals surface area contributed by atoms with Gasteiger partial charge in [-0.3, -0.25) is 4.79 Å². The number of hydrogen-bond donors (Lipinski definition) is 1. The Morgan fingerprint density at radius 2 is 2.07 bits per heavy atom. The van der Waals surface area contributed by atoms with Gasteiger partial charge in [0.15, 0.2) is 5.78 Å². The lowest BCUT2D eigenvalue weighted by molar-refractivity contribution is 0.101. The van der Waals surface area contributed by atoms with Crippen molar-refractivity contribution in [3.63, 3.8) is 0 Å². The fourth-order valence-corrected chi connectivity index (χ4v) is 2.89. The van der Waals surface area contributed by atoms with Crippen LogP contribution in [0.25, 0.3) is 20.3 Å². The third kappa shape index (κ3) is 1.20. The molecule has 0 amide bonds. The highest BCUT2D eigenvalue weighted by Crippen LogP contribution is 2.33. The Labute approximate surface area is 90.5 Å². The second-order valence-corrected chi connectivity index (χ2v) is 4.66. The van der Waals surface area contributed by atoms with Gasteiger partial charge in [0.05, 0.1) is 15.9 Å². The highest BCUT2D eigenvalue weighted by Gasteiger charge is 2.09. The van der Waals surface area contributed by atoms with E-state index in [1.54, 1.807) is 18.3 Å². The first-order valence-electron chi connectivity index (χ1n) is 4.77. The number of fused-ring (bicyclic) bond motifs is 3. The van der Waals surface area contributed by atoms with Crippen molar-refractivity contribution in [2.24, 2.45) is 0 Å². The molecule has 0 atom stereocenters. The van der Waals surface area contributed by atoms with Crippen molar-refractivity contribution >= 4 is 37.4 Å². The van der Waals surface area contributed by atoms with Crippen molar-refractivity contribution in [3.05, 3.63) is 36.0 Å². The lowest BCUT2D eigenvalue weighted by Gasteiger charge is -1.89. The number of aromatic amines is 1. The molecule has 2 heterocycles. The standard InChI is InChI=1S/C12H9NOS/c1-7(14)9-6-11-12(13-9)8-4-2-3-5-10(8)15-11/h2-6,13H,1H3. The monoisotopic (exact) mass is 215 g/mol. The summed E-state index contributed by atoms with van der Waals surface area (Å²) >= 11 is 1.72. The summed E-state index contributed by atoms with van der Waals surface area (Å²) in [5, 5.41) is 1.20. The summed E-state index contributed by atoms with van der Waals surface area (Å²) < 4.78 is 2.41. The average molecular weight is 215 g/mol. The van der Waals surface area contributed by atoms with Crippen LogP contribution in [0, 0.1) is 0 Å². The number of H-pyrrole nitrogens is 1. The third-order valence-electron chi connectivity index (χ3n) is 2.54. The summed E-state index contributed by atoms with van der Waals surface area (Å²) in [6.45, 7) is 1.58. The Kier molecular flexibility index (Phi) is 1.70. The van der Waals surface area contributed by atoms with Crippen LogP contribution in [-0.4, -0.2) is 10.8 Å². The first-order valence-corrected chi connectivity index (χ1v) is 5.58. The van der Waals surface area contributed by atoms with Crippen LogP contribution in [0.2, 0.25) is 0 Å². The number of thiophene rings is 1. The molecule has 0 aliphatic rings. The predicted molar refractivity (Wildman–Crippen MR) is 63.7 cm³/mol. The molecule has 2 aromatic heterocycles. The van der Waals surface area contributed by atoms with E-state index < -0.39 is 0 Å². The molecular formula is C12H9NOS. The van der Waals surface area contributed by atoms with Gasteiger partial charge in [-0.25, -0.2) is 0 Å². The van der Waals surface area contributed by atoms with E-state index in [2.05, 4.69) is 17.1 Å². The van der Waals surface area contributed by atoms with E-state index in [0.29, 0.717) is 5.69 Å². The van der Waals surface area contributed by atoms with Gasteiger partial charge in [0, 0.05) is 17.0 Å². The molecule has 3 rings (SSSR count). The molecule has 3 aromatic rings. The Morgan fingerprint density at radius 3 is 2.87 bits per heavy atom. The maximum absolute atomic E-state index is 11.2. The zero-order valence-corrected chi connectivity index (χ0v) is 9.02. The van der Waals surface area contributed by atoms with Gasteiger partial charge in [-0.1, -0.05) is 18.2 Å². The summed E-state index contributed by atoms with van der Waals surface area (Å²) in [6, 6.07) is 10.2. The van der Waals surface area contributed by atoms with Crippen molar-refractivity contribution in [2.45, 2.75) is 6.92 Å². The second kappa shape index (κ2) is 2.94. The number of benzene rings is 1. The molecule has 0 bridgehead atoms. The summed E-state index contributed by atoms with van der Waals surface area (Å²) in [7, 11) is 0. The van der Waals surface area contributed by atoms with Gasteiger partial charge < -0.3 is 4.98 Å². The molecule has 74 valence electrons. The van der Waals surface area contributed by atoms with Crippen LogP contribution in [-0.2, 0) is 0 Å². The minimum absolute atomic E-state index is 0.0856. The van der Waals surface area contributed by atoms with Crippen LogP contribution in [0.4, 0.5) is 0 Å². The minimum atomic E-state index is 0.0856. The molecule has 0 spiro atoms. The highest BCUT2D eigenvalue weighted by molar-refractivity contribution is 7.25. The van der Waals surface area contributed by atoms with Gasteiger partial charge in [-0.2, -0.15) is 0 Å². The second-order valence-electron chi connectivity index (χ2n) is 3.58. The molecule has 0 unspecified atom stereocenters. The van der Waals surface area contributed by atoms with Crippen LogP contribution in [0.1, 0.15) is 17.4 Å². The smallest absolute Gasteiger partial charge is 0.175 e. The number of ketones is 1. The van der Waals surface area contributed by atoms with Crippen molar-refractivity contribution in [1.82, 2.24) is 4.98 Å². The molecule has 0 aliphatic heterocycles. The number of rotatable bonds is 1.